The first-order chi connectivity index (χ1) is 8.63. The number of hydrogen-bond acceptors (Lipinski definition) is 3. The minimum absolute atomic E-state index is 0.433. The Labute approximate surface area is 104 Å². The largest absolute Gasteiger partial charge is 0.463 e. The number of benzene rings is 1. The van der Waals surface area contributed by atoms with Crippen molar-refractivity contribution < 1.29 is 14.0 Å². The first kappa shape index (κ1) is 11.0. The highest BCUT2D eigenvalue weighted by atomic mass is 16.3. The zero-order valence-corrected chi connectivity index (χ0v) is 10.2. The fourth-order valence-electron chi connectivity index (χ4n) is 2.38. The summed E-state index contributed by atoms with van der Waals surface area (Å²) < 4.78 is 5.49. The van der Waals surface area contributed by atoms with E-state index in [9.17, 15) is 9.59 Å². The molecule has 1 heterocycles. The predicted molar refractivity (Wildman–Crippen MR) is 66.9 cm³/mol. The molecule has 0 radical (unpaired) electrons. The summed E-state index contributed by atoms with van der Waals surface area (Å²) in [6.07, 6.45) is 2.25. The highest BCUT2D eigenvalue weighted by Crippen LogP contribution is 2.36. The van der Waals surface area contributed by atoms with Gasteiger partial charge in [0, 0.05) is 16.7 Å². The summed E-state index contributed by atoms with van der Waals surface area (Å²) >= 11 is 0. The SMILES string of the molecule is CCc1coc2c1C(=O)C(=O)c1cc(C)ccc1-2. The van der Waals surface area contributed by atoms with Crippen LogP contribution in [0.5, 0.6) is 0 Å². The van der Waals surface area contributed by atoms with Crippen molar-refractivity contribution in [2.45, 2.75) is 20.3 Å². The minimum Gasteiger partial charge on any atom is -0.463 e. The Bertz CT molecular complexity index is 677. The van der Waals surface area contributed by atoms with Crippen LogP contribution >= 0.6 is 0 Å². The lowest BCUT2D eigenvalue weighted by Gasteiger charge is -2.14. The molecule has 3 rings (SSSR count). The van der Waals surface area contributed by atoms with Crippen molar-refractivity contribution in [3.8, 4) is 11.3 Å². The van der Waals surface area contributed by atoms with E-state index in [0.717, 1.165) is 16.7 Å². The molecule has 0 saturated carbocycles. The summed E-state index contributed by atoms with van der Waals surface area (Å²) in [5.41, 5.74) is 3.37. The van der Waals surface area contributed by atoms with Crippen LogP contribution in [-0.4, -0.2) is 11.6 Å². The maximum absolute atomic E-state index is 12.1. The number of carbonyl (C=O) groups is 2. The number of fused-ring (bicyclic) bond motifs is 3. The van der Waals surface area contributed by atoms with Crippen molar-refractivity contribution in [2.24, 2.45) is 0 Å². The summed E-state index contributed by atoms with van der Waals surface area (Å²) in [6, 6.07) is 5.50. The van der Waals surface area contributed by atoms with Crippen LogP contribution in [0.1, 0.15) is 38.8 Å². The molecule has 0 fully saturated rings. The number of furan rings is 1. The lowest BCUT2D eigenvalue weighted by molar-refractivity contribution is 0.0814. The number of carbonyl (C=O) groups excluding carboxylic acids is 2. The van der Waals surface area contributed by atoms with E-state index in [4.69, 9.17) is 4.42 Å². The normalized spacial score (nSPS) is 13.4. The lowest BCUT2D eigenvalue weighted by Crippen LogP contribution is -2.21. The second-order valence-corrected chi connectivity index (χ2v) is 4.53. The molecule has 0 N–H and O–H groups in total. The first-order valence-electron chi connectivity index (χ1n) is 5.94. The quantitative estimate of drug-likeness (QED) is 0.719. The van der Waals surface area contributed by atoms with Crippen molar-refractivity contribution in [3.05, 3.63) is 46.7 Å². The fraction of sp³-hybridized carbons (Fsp3) is 0.200. The van der Waals surface area contributed by atoms with Crippen molar-refractivity contribution in [3.63, 3.8) is 0 Å². The van der Waals surface area contributed by atoms with Gasteiger partial charge in [-0.1, -0.05) is 24.6 Å². The van der Waals surface area contributed by atoms with E-state index in [1.165, 1.54) is 0 Å². The van der Waals surface area contributed by atoms with Gasteiger partial charge in [0.2, 0.25) is 11.6 Å². The van der Waals surface area contributed by atoms with Crippen LogP contribution in [0.3, 0.4) is 0 Å². The molecule has 0 aliphatic heterocycles. The van der Waals surface area contributed by atoms with E-state index in [0.29, 0.717) is 23.3 Å². The Morgan fingerprint density at radius 2 is 1.89 bits per heavy atom. The molecule has 3 nitrogen and oxygen atoms in total. The number of Topliss-reactive ketones (excluding diaryl/α,β-unsaturated/α-hetero) is 2. The van der Waals surface area contributed by atoms with Crippen LogP contribution in [0.25, 0.3) is 11.3 Å². The van der Waals surface area contributed by atoms with Crippen molar-refractivity contribution >= 4 is 11.6 Å². The third-order valence-electron chi connectivity index (χ3n) is 3.35. The van der Waals surface area contributed by atoms with Crippen LogP contribution < -0.4 is 0 Å². The topological polar surface area (TPSA) is 47.3 Å². The Hall–Kier alpha value is -2.16. The van der Waals surface area contributed by atoms with Crippen molar-refractivity contribution in [1.82, 2.24) is 0 Å². The third kappa shape index (κ3) is 1.30. The molecule has 18 heavy (non-hydrogen) atoms. The van der Waals surface area contributed by atoms with Gasteiger partial charge in [0.25, 0.3) is 0 Å². The fourth-order valence-corrected chi connectivity index (χ4v) is 2.38. The average molecular weight is 240 g/mol. The van der Waals surface area contributed by atoms with Gasteiger partial charge in [0.15, 0.2) is 0 Å². The molecule has 0 spiro atoms. The molecule has 1 aromatic carbocycles. The van der Waals surface area contributed by atoms with Crippen molar-refractivity contribution in [1.29, 1.82) is 0 Å². The molecule has 2 aromatic rings. The van der Waals surface area contributed by atoms with Gasteiger partial charge in [-0.2, -0.15) is 0 Å². The van der Waals surface area contributed by atoms with Crippen LogP contribution in [0, 0.1) is 6.92 Å². The zero-order valence-electron chi connectivity index (χ0n) is 10.2. The number of hydrogen-bond donors (Lipinski definition) is 0. The molecule has 90 valence electrons. The second kappa shape index (κ2) is 3.67. The maximum atomic E-state index is 12.1. The number of aryl methyl sites for hydroxylation is 2. The molecule has 0 atom stereocenters. The molecular formula is C15H12O3. The highest BCUT2D eigenvalue weighted by molar-refractivity contribution is 6.53. The predicted octanol–water partition coefficient (Wildman–Crippen LogP) is 3.20. The molecule has 0 saturated heterocycles. The molecule has 3 heteroatoms. The second-order valence-electron chi connectivity index (χ2n) is 4.53. The van der Waals surface area contributed by atoms with E-state index in [1.807, 2.05) is 26.0 Å². The summed E-state index contributed by atoms with van der Waals surface area (Å²) in [7, 11) is 0. The van der Waals surface area contributed by atoms with Gasteiger partial charge in [-0.25, -0.2) is 0 Å². The summed E-state index contributed by atoms with van der Waals surface area (Å²) in [5.74, 6) is -0.350. The van der Waals surface area contributed by atoms with E-state index < -0.39 is 11.6 Å². The monoisotopic (exact) mass is 240 g/mol. The Balaban J connectivity index is 2.36. The van der Waals surface area contributed by atoms with Gasteiger partial charge in [-0.15, -0.1) is 0 Å². The van der Waals surface area contributed by atoms with Gasteiger partial charge in [0.1, 0.15) is 5.76 Å². The van der Waals surface area contributed by atoms with Crippen molar-refractivity contribution in [2.75, 3.05) is 0 Å². The molecule has 0 amide bonds. The minimum atomic E-state index is -0.450. The first-order valence-corrected chi connectivity index (χ1v) is 5.94. The van der Waals surface area contributed by atoms with E-state index in [-0.39, 0.29) is 0 Å². The molecular weight excluding hydrogens is 228 g/mol. The van der Waals surface area contributed by atoms with Crippen LogP contribution in [0.15, 0.2) is 28.9 Å². The molecule has 1 aromatic heterocycles. The van der Waals surface area contributed by atoms with E-state index in [1.54, 1.807) is 12.3 Å². The Kier molecular flexibility index (Phi) is 2.23. The zero-order chi connectivity index (χ0) is 12.9. The van der Waals surface area contributed by atoms with Gasteiger partial charge < -0.3 is 4.42 Å². The van der Waals surface area contributed by atoms with E-state index >= 15 is 0 Å². The summed E-state index contributed by atoms with van der Waals surface area (Å²) in [6.45, 7) is 3.83. The smallest absolute Gasteiger partial charge is 0.237 e. The summed E-state index contributed by atoms with van der Waals surface area (Å²) in [4.78, 5) is 24.2. The standard InChI is InChI=1S/C15H12O3/c1-3-9-7-18-15-10-5-4-8(2)6-11(10)13(16)14(17)12(9)15/h4-7H,3H2,1-2H3. The Morgan fingerprint density at radius 1 is 1.11 bits per heavy atom. The molecule has 1 aliphatic rings. The maximum Gasteiger partial charge on any atom is 0.237 e. The average Bonchev–Trinajstić information content (AvgIpc) is 2.79. The van der Waals surface area contributed by atoms with Gasteiger partial charge in [-0.3, -0.25) is 9.59 Å². The van der Waals surface area contributed by atoms with Gasteiger partial charge >= 0.3 is 0 Å². The third-order valence-corrected chi connectivity index (χ3v) is 3.35. The van der Waals surface area contributed by atoms with Crippen LogP contribution in [0.2, 0.25) is 0 Å². The summed E-state index contributed by atoms with van der Waals surface area (Å²) in [5, 5.41) is 0. The molecule has 0 bridgehead atoms. The molecule has 0 unspecified atom stereocenters. The highest BCUT2D eigenvalue weighted by Gasteiger charge is 2.34. The van der Waals surface area contributed by atoms with Crippen LogP contribution in [-0.2, 0) is 6.42 Å². The van der Waals surface area contributed by atoms with Crippen LogP contribution in [0.4, 0.5) is 0 Å². The number of ketones is 2. The van der Waals surface area contributed by atoms with Gasteiger partial charge in [0.05, 0.1) is 11.8 Å². The lowest BCUT2D eigenvalue weighted by atomic mass is 9.86. The Morgan fingerprint density at radius 3 is 2.61 bits per heavy atom. The molecule has 1 aliphatic carbocycles. The van der Waals surface area contributed by atoms with Gasteiger partial charge in [-0.05, 0) is 19.4 Å². The number of rotatable bonds is 1. The van der Waals surface area contributed by atoms with E-state index in [2.05, 4.69) is 0 Å².